The number of benzene rings is 2. The van der Waals surface area contributed by atoms with Crippen LogP contribution in [0.1, 0.15) is 25.0 Å². The second kappa shape index (κ2) is 9.40. The minimum Gasteiger partial charge on any atom is -0.379 e. The van der Waals surface area contributed by atoms with E-state index in [1.54, 1.807) is 56.3 Å². The quantitative estimate of drug-likeness (QED) is 0.583. The number of anilines is 1. The number of amides is 4. The van der Waals surface area contributed by atoms with Crippen LogP contribution in [0.15, 0.2) is 53.4 Å². The summed E-state index contributed by atoms with van der Waals surface area (Å²) >= 11 is 0. The van der Waals surface area contributed by atoms with Gasteiger partial charge in [-0.1, -0.05) is 36.4 Å². The molecule has 11 heteroatoms. The lowest BCUT2D eigenvalue weighted by molar-refractivity contribution is -0.136. The molecule has 2 saturated heterocycles. The van der Waals surface area contributed by atoms with Crippen molar-refractivity contribution in [3.8, 4) is 0 Å². The van der Waals surface area contributed by atoms with Crippen LogP contribution in [0.3, 0.4) is 0 Å². The molecular formula is C24H28N4O6S. The Bertz CT molecular complexity index is 1260. The standard InChI is InChI=1S/C24H28N4O6S/c1-16-9-10-19(15-20(16)35(32,33)27-11-13-34-14-12-27)25-21(29)17(2)28-22(30)24(3,26-23(28)31)18-7-5-4-6-8-18/h4-10,15,17H,11-14H2,1-3H3,(H,25,29)(H,26,31)/t17-,24+/m0/s1. The maximum absolute atomic E-state index is 13.2. The van der Waals surface area contributed by atoms with Gasteiger partial charge >= 0.3 is 6.03 Å². The first kappa shape index (κ1) is 24.8. The van der Waals surface area contributed by atoms with Crippen molar-refractivity contribution in [2.75, 3.05) is 31.6 Å². The number of carbonyl (C=O) groups excluding carboxylic acids is 3. The van der Waals surface area contributed by atoms with E-state index in [0.29, 0.717) is 24.3 Å². The molecule has 2 aliphatic rings. The maximum Gasteiger partial charge on any atom is 0.326 e. The number of urea groups is 1. The molecule has 10 nitrogen and oxygen atoms in total. The Balaban J connectivity index is 1.54. The van der Waals surface area contributed by atoms with Gasteiger partial charge in [-0.15, -0.1) is 0 Å². The molecule has 0 spiro atoms. The molecule has 0 radical (unpaired) electrons. The Morgan fingerprint density at radius 1 is 1.11 bits per heavy atom. The number of aryl methyl sites for hydroxylation is 1. The molecule has 4 rings (SSSR count). The minimum atomic E-state index is -3.78. The number of nitrogens with one attached hydrogen (secondary N) is 2. The number of carbonyl (C=O) groups is 3. The van der Waals surface area contributed by atoms with Gasteiger partial charge in [0.15, 0.2) is 0 Å². The number of hydrogen-bond acceptors (Lipinski definition) is 6. The predicted octanol–water partition coefficient (Wildman–Crippen LogP) is 1.81. The molecule has 0 bridgehead atoms. The number of imide groups is 1. The summed E-state index contributed by atoms with van der Waals surface area (Å²) < 4.78 is 32.9. The van der Waals surface area contributed by atoms with Gasteiger partial charge in [-0.05, 0) is 44.0 Å². The number of morpholine rings is 1. The average Bonchev–Trinajstić information content (AvgIpc) is 3.09. The van der Waals surface area contributed by atoms with E-state index < -0.39 is 39.4 Å². The van der Waals surface area contributed by atoms with E-state index in [-0.39, 0.29) is 23.7 Å². The second-order valence-electron chi connectivity index (χ2n) is 8.76. The largest absolute Gasteiger partial charge is 0.379 e. The van der Waals surface area contributed by atoms with Crippen LogP contribution in [0.25, 0.3) is 0 Å². The number of sulfonamides is 1. The van der Waals surface area contributed by atoms with Crippen LogP contribution in [0.5, 0.6) is 0 Å². The molecule has 0 aliphatic carbocycles. The summed E-state index contributed by atoms with van der Waals surface area (Å²) in [6.45, 7) is 5.86. The summed E-state index contributed by atoms with van der Waals surface area (Å²) in [4.78, 5) is 39.9. The Kier molecular flexibility index (Phi) is 6.67. The van der Waals surface area contributed by atoms with E-state index in [1.165, 1.54) is 17.3 Å². The highest BCUT2D eigenvalue weighted by Crippen LogP contribution is 2.30. The molecular weight excluding hydrogens is 472 g/mol. The number of rotatable bonds is 6. The lowest BCUT2D eigenvalue weighted by atomic mass is 9.92. The van der Waals surface area contributed by atoms with E-state index in [4.69, 9.17) is 4.74 Å². The molecule has 0 saturated carbocycles. The third-order valence-electron chi connectivity index (χ3n) is 6.38. The van der Waals surface area contributed by atoms with Crippen molar-refractivity contribution in [1.82, 2.24) is 14.5 Å². The van der Waals surface area contributed by atoms with Crippen LogP contribution in [0, 0.1) is 6.92 Å². The van der Waals surface area contributed by atoms with Crippen LogP contribution in [0.2, 0.25) is 0 Å². The van der Waals surface area contributed by atoms with E-state index in [0.717, 1.165) is 4.90 Å². The SMILES string of the molecule is Cc1ccc(NC(=O)[C@H](C)N2C(=O)N[C@](C)(c3ccccc3)C2=O)cc1S(=O)(=O)N1CCOCC1. The van der Waals surface area contributed by atoms with Crippen molar-refractivity contribution in [2.24, 2.45) is 0 Å². The van der Waals surface area contributed by atoms with Crippen molar-refractivity contribution >= 4 is 33.6 Å². The number of hydrogen-bond donors (Lipinski definition) is 2. The maximum atomic E-state index is 13.2. The van der Waals surface area contributed by atoms with Gasteiger partial charge < -0.3 is 15.4 Å². The lowest BCUT2D eigenvalue weighted by Crippen LogP contribution is -2.47. The first-order valence-electron chi connectivity index (χ1n) is 11.3. The Labute approximate surface area is 204 Å². The minimum absolute atomic E-state index is 0.0801. The second-order valence-corrected chi connectivity index (χ2v) is 10.7. The van der Waals surface area contributed by atoms with Gasteiger partial charge in [-0.3, -0.25) is 9.59 Å². The predicted molar refractivity (Wildman–Crippen MR) is 128 cm³/mol. The number of nitrogens with zero attached hydrogens (tertiary/aromatic N) is 2. The third kappa shape index (κ3) is 4.54. The first-order valence-corrected chi connectivity index (χ1v) is 12.7. The van der Waals surface area contributed by atoms with Crippen molar-refractivity contribution in [3.05, 3.63) is 59.7 Å². The van der Waals surface area contributed by atoms with E-state index in [1.807, 2.05) is 0 Å². The van der Waals surface area contributed by atoms with Gasteiger partial charge in [0, 0.05) is 18.8 Å². The van der Waals surface area contributed by atoms with Gasteiger partial charge in [0.05, 0.1) is 18.1 Å². The number of ether oxygens (including phenoxy) is 1. The van der Waals surface area contributed by atoms with Gasteiger partial charge in [-0.2, -0.15) is 4.31 Å². The third-order valence-corrected chi connectivity index (χ3v) is 8.42. The van der Waals surface area contributed by atoms with Crippen molar-refractivity contribution in [3.63, 3.8) is 0 Å². The summed E-state index contributed by atoms with van der Waals surface area (Å²) in [5.74, 6) is -1.17. The molecule has 2 aromatic carbocycles. The molecule has 2 aromatic rings. The molecule has 2 atom stereocenters. The smallest absolute Gasteiger partial charge is 0.326 e. The molecule has 2 aliphatic heterocycles. The summed E-state index contributed by atoms with van der Waals surface area (Å²) in [6, 6.07) is 11.6. The molecule has 4 amide bonds. The van der Waals surface area contributed by atoms with Gasteiger partial charge in [0.1, 0.15) is 11.6 Å². The summed E-state index contributed by atoms with van der Waals surface area (Å²) in [5, 5.41) is 5.33. The van der Waals surface area contributed by atoms with Gasteiger partial charge in [0.2, 0.25) is 15.9 Å². The summed E-state index contributed by atoms with van der Waals surface area (Å²) in [7, 11) is -3.78. The van der Waals surface area contributed by atoms with Crippen LogP contribution in [-0.4, -0.2) is 67.8 Å². The normalized spacial score (nSPS) is 22.1. The Morgan fingerprint density at radius 3 is 2.43 bits per heavy atom. The lowest BCUT2D eigenvalue weighted by Gasteiger charge is -2.27. The van der Waals surface area contributed by atoms with Gasteiger partial charge in [-0.25, -0.2) is 18.1 Å². The Hall–Kier alpha value is -3.28. The van der Waals surface area contributed by atoms with Crippen LogP contribution in [0.4, 0.5) is 10.5 Å². The zero-order chi connectivity index (χ0) is 25.4. The van der Waals surface area contributed by atoms with Crippen molar-refractivity contribution in [2.45, 2.75) is 37.2 Å². The Morgan fingerprint density at radius 2 is 1.77 bits per heavy atom. The topological polar surface area (TPSA) is 125 Å². The molecule has 0 unspecified atom stereocenters. The fraction of sp³-hybridized carbons (Fsp3) is 0.375. The van der Waals surface area contributed by atoms with E-state index in [9.17, 15) is 22.8 Å². The average molecular weight is 501 g/mol. The van der Waals surface area contributed by atoms with Crippen LogP contribution < -0.4 is 10.6 Å². The van der Waals surface area contributed by atoms with E-state index in [2.05, 4.69) is 10.6 Å². The zero-order valence-corrected chi connectivity index (χ0v) is 20.6. The molecule has 35 heavy (non-hydrogen) atoms. The highest BCUT2D eigenvalue weighted by Gasteiger charge is 2.51. The van der Waals surface area contributed by atoms with Crippen LogP contribution >= 0.6 is 0 Å². The first-order chi connectivity index (χ1) is 16.6. The molecule has 2 heterocycles. The van der Waals surface area contributed by atoms with Crippen LogP contribution in [-0.2, 0) is 29.9 Å². The van der Waals surface area contributed by atoms with Gasteiger partial charge in [0.25, 0.3) is 5.91 Å². The van der Waals surface area contributed by atoms with Crippen molar-refractivity contribution < 1.29 is 27.5 Å². The molecule has 0 aromatic heterocycles. The monoisotopic (exact) mass is 500 g/mol. The highest BCUT2D eigenvalue weighted by atomic mass is 32.2. The van der Waals surface area contributed by atoms with E-state index >= 15 is 0 Å². The fourth-order valence-electron chi connectivity index (χ4n) is 4.23. The molecule has 186 valence electrons. The summed E-state index contributed by atoms with van der Waals surface area (Å²) in [6.07, 6.45) is 0. The van der Waals surface area contributed by atoms with Crippen molar-refractivity contribution in [1.29, 1.82) is 0 Å². The molecule has 2 fully saturated rings. The summed E-state index contributed by atoms with van der Waals surface area (Å²) in [5.41, 5.74) is 0.0910. The molecule has 2 N–H and O–H groups in total. The zero-order valence-electron chi connectivity index (χ0n) is 19.8. The fourth-order valence-corrected chi connectivity index (χ4v) is 5.88. The highest BCUT2D eigenvalue weighted by molar-refractivity contribution is 7.89.